The van der Waals surface area contributed by atoms with E-state index in [1.165, 1.54) is 92.9 Å². The zero-order chi connectivity index (χ0) is 32.0. The molecule has 0 bridgehead atoms. The second-order valence-electron chi connectivity index (χ2n) is 12.9. The molecular weight excluding hydrogens is 492 g/mol. The molecule has 0 heterocycles. The van der Waals surface area contributed by atoms with Crippen LogP contribution in [0.1, 0.15) is 167 Å². The lowest BCUT2D eigenvalue weighted by atomic mass is 9.78. The van der Waals surface area contributed by atoms with E-state index in [-0.39, 0.29) is 0 Å². The Hall–Kier alpha value is -1.56. The standard InChI is InChI=1S/C26H48.C13H20.C2H6/c1-10-14-24(12-3)17-15-21(7)16-18-26(22(8)11-2)23(9)19-25(13-4)20(5)6;1-10(2)12(4)9-13-8-6-5-7-11(13)3;1-2/h11,13,21,23-24,26H,5,10,12,14-19H2,1-4,6-9H3;9H,1,5-8H2,2-4H3;1-2H3/b22-11+,25-13-;12-9-;/t21?,23?,24?,26-;;/m1../s1. The Labute approximate surface area is 260 Å². The largest absolute Gasteiger partial charge is 0.0958 e. The summed E-state index contributed by atoms with van der Waals surface area (Å²) in [5.74, 6) is 3.18. The summed E-state index contributed by atoms with van der Waals surface area (Å²) < 4.78 is 0. The highest BCUT2D eigenvalue weighted by Gasteiger charge is 2.21. The second-order valence-corrected chi connectivity index (χ2v) is 12.9. The maximum Gasteiger partial charge on any atom is -0.0177 e. The first-order valence-corrected chi connectivity index (χ1v) is 17.4. The fourth-order valence-electron chi connectivity index (χ4n) is 5.95. The maximum atomic E-state index is 4.16. The van der Waals surface area contributed by atoms with Crippen LogP contribution >= 0.6 is 0 Å². The topological polar surface area (TPSA) is 0 Å². The molecule has 0 spiro atoms. The quantitative estimate of drug-likeness (QED) is 0.129. The summed E-state index contributed by atoms with van der Waals surface area (Å²) in [7, 11) is 0. The van der Waals surface area contributed by atoms with Gasteiger partial charge in [-0.3, -0.25) is 0 Å². The fourth-order valence-corrected chi connectivity index (χ4v) is 5.95. The molecule has 0 saturated carbocycles. The van der Waals surface area contributed by atoms with Crippen molar-refractivity contribution in [3.05, 3.63) is 70.4 Å². The average Bonchev–Trinajstić information content (AvgIpc) is 2.96. The van der Waals surface area contributed by atoms with Crippen molar-refractivity contribution in [2.75, 3.05) is 0 Å². The highest BCUT2D eigenvalue weighted by molar-refractivity contribution is 5.36. The molecule has 0 aromatic rings. The van der Waals surface area contributed by atoms with Gasteiger partial charge >= 0.3 is 0 Å². The van der Waals surface area contributed by atoms with E-state index in [1.54, 1.807) is 16.7 Å². The lowest BCUT2D eigenvalue weighted by Gasteiger charge is -2.28. The molecule has 1 aliphatic carbocycles. The van der Waals surface area contributed by atoms with E-state index in [9.17, 15) is 0 Å². The molecule has 0 amide bonds. The van der Waals surface area contributed by atoms with Crippen LogP contribution in [-0.4, -0.2) is 0 Å². The molecule has 1 rings (SSSR count). The van der Waals surface area contributed by atoms with E-state index in [4.69, 9.17) is 0 Å². The summed E-state index contributed by atoms with van der Waals surface area (Å²) in [4.78, 5) is 0. The summed E-state index contributed by atoms with van der Waals surface area (Å²) in [6.45, 7) is 37.0. The Morgan fingerprint density at radius 1 is 0.805 bits per heavy atom. The van der Waals surface area contributed by atoms with Gasteiger partial charge in [-0.1, -0.05) is 134 Å². The third-order valence-corrected chi connectivity index (χ3v) is 9.34. The number of hydrogen-bond acceptors (Lipinski definition) is 0. The van der Waals surface area contributed by atoms with Crippen LogP contribution in [0.4, 0.5) is 0 Å². The van der Waals surface area contributed by atoms with Gasteiger partial charge in [0.15, 0.2) is 0 Å². The highest BCUT2D eigenvalue weighted by atomic mass is 14.3. The smallest absolute Gasteiger partial charge is 0.0177 e. The van der Waals surface area contributed by atoms with Gasteiger partial charge in [0.05, 0.1) is 0 Å². The van der Waals surface area contributed by atoms with Crippen LogP contribution in [0, 0.1) is 23.7 Å². The first kappa shape index (κ1) is 41.6. The Bertz CT molecular complexity index is 839. The van der Waals surface area contributed by atoms with Crippen LogP contribution in [0.2, 0.25) is 0 Å². The minimum Gasteiger partial charge on any atom is -0.0958 e. The molecule has 41 heavy (non-hydrogen) atoms. The molecule has 1 aliphatic rings. The van der Waals surface area contributed by atoms with Gasteiger partial charge in [0, 0.05) is 0 Å². The molecule has 0 aromatic heterocycles. The van der Waals surface area contributed by atoms with Gasteiger partial charge in [0.25, 0.3) is 0 Å². The minimum atomic E-state index is 0.685. The zero-order valence-corrected chi connectivity index (χ0v) is 30.4. The Kier molecular flexibility index (Phi) is 25.3. The minimum absolute atomic E-state index is 0.685. The molecule has 0 N–H and O–H groups in total. The molecule has 0 aliphatic heterocycles. The van der Waals surface area contributed by atoms with Crippen molar-refractivity contribution in [2.45, 2.75) is 167 Å². The summed E-state index contributed by atoms with van der Waals surface area (Å²) in [5, 5.41) is 0. The third kappa shape index (κ3) is 18.6. The summed E-state index contributed by atoms with van der Waals surface area (Å²) in [5.41, 5.74) is 9.87. The maximum absolute atomic E-state index is 4.16. The second kappa shape index (κ2) is 25.0. The van der Waals surface area contributed by atoms with E-state index >= 15 is 0 Å². The van der Waals surface area contributed by atoms with Crippen LogP contribution in [0.15, 0.2) is 70.4 Å². The number of allylic oxidation sites excluding steroid dienone is 10. The SMILES string of the molecule is C=C(C)/C(=C\C)CC(C)[C@H](CCC(C)CCC(CC)CCC)/C(C)=C/C.C=C(C)/C(C)=C\C1=C(C)CCCC1.CC. The molecule has 0 heteroatoms. The van der Waals surface area contributed by atoms with E-state index < -0.39 is 0 Å². The van der Waals surface area contributed by atoms with E-state index in [0.717, 1.165) is 18.3 Å². The molecule has 0 aromatic carbocycles. The van der Waals surface area contributed by atoms with Gasteiger partial charge in [-0.2, -0.15) is 0 Å². The normalized spacial score (nSPS) is 17.4. The Balaban J connectivity index is 0. The van der Waals surface area contributed by atoms with Crippen LogP contribution in [0.25, 0.3) is 0 Å². The van der Waals surface area contributed by atoms with Crippen molar-refractivity contribution in [1.29, 1.82) is 0 Å². The van der Waals surface area contributed by atoms with Crippen LogP contribution in [-0.2, 0) is 0 Å². The van der Waals surface area contributed by atoms with Crippen molar-refractivity contribution >= 4 is 0 Å². The Morgan fingerprint density at radius 2 is 1.39 bits per heavy atom. The van der Waals surface area contributed by atoms with E-state index in [2.05, 4.69) is 108 Å². The van der Waals surface area contributed by atoms with Crippen LogP contribution < -0.4 is 0 Å². The predicted octanol–water partition coefficient (Wildman–Crippen LogP) is 14.6. The molecule has 4 atom stereocenters. The molecule has 0 nitrogen and oxygen atoms in total. The van der Waals surface area contributed by atoms with Gasteiger partial charge in [-0.05, 0) is 127 Å². The van der Waals surface area contributed by atoms with Gasteiger partial charge in [-0.25, -0.2) is 0 Å². The molecular formula is C41H74. The van der Waals surface area contributed by atoms with E-state index in [1.807, 2.05) is 13.8 Å². The monoisotopic (exact) mass is 567 g/mol. The first-order valence-electron chi connectivity index (χ1n) is 17.4. The molecule has 0 saturated heterocycles. The van der Waals surface area contributed by atoms with Gasteiger partial charge < -0.3 is 0 Å². The lowest BCUT2D eigenvalue weighted by Crippen LogP contribution is -2.16. The lowest BCUT2D eigenvalue weighted by molar-refractivity contribution is 0.319. The molecule has 0 radical (unpaired) electrons. The fraction of sp³-hybridized carbons (Fsp3) is 0.707. The molecule has 238 valence electrons. The van der Waals surface area contributed by atoms with Crippen molar-refractivity contribution in [3.63, 3.8) is 0 Å². The van der Waals surface area contributed by atoms with Crippen molar-refractivity contribution < 1.29 is 0 Å². The zero-order valence-electron chi connectivity index (χ0n) is 30.4. The summed E-state index contributed by atoms with van der Waals surface area (Å²) >= 11 is 0. The first-order chi connectivity index (χ1) is 19.4. The van der Waals surface area contributed by atoms with Gasteiger partial charge in [0.2, 0.25) is 0 Å². The summed E-state index contributed by atoms with van der Waals surface area (Å²) in [6.07, 6.45) is 22.9. The van der Waals surface area contributed by atoms with E-state index in [0.29, 0.717) is 11.8 Å². The third-order valence-electron chi connectivity index (χ3n) is 9.34. The number of rotatable bonds is 16. The van der Waals surface area contributed by atoms with Gasteiger partial charge in [-0.15, -0.1) is 0 Å². The van der Waals surface area contributed by atoms with Crippen LogP contribution in [0.3, 0.4) is 0 Å². The average molecular weight is 567 g/mol. The van der Waals surface area contributed by atoms with Crippen molar-refractivity contribution in [3.8, 4) is 0 Å². The van der Waals surface area contributed by atoms with Crippen molar-refractivity contribution in [1.82, 2.24) is 0 Å². The predicted molar refractivity (Wildman–Crippen MR) is 193 cm³/mol. The van der Waals surface area contributed by atoms with Gasteiger partial charge in [0.1, 0.15) is 0 Å². The summed E-state index contributed by atoms with van der Waals surface area (Å²) in [6, 6.07) is 0. The number of hydrogen-bond donors (Lipinski definition) is 0. The highest BCUT2D eigenvalue weighted by Crippen LogP contribution is 2.34. The van der Waals surface area contributed by atoms with Crippen LogP contribution in [0.5, 0.6) is 0 Å². The van der Waals surface area contributed by atoms with Crippen molar-refractivity contribution in [2.24, 2.45) is 23.7 Å². The molecule has 3 unspecified atom stereocenters. The molecule has 0 fully saturated rings. The Morgan fingerprint density at radius 3 is 1.85 bits per heavy atom.